The van der Waals surface area contributed by atoms with Gasteiger partial charge in [-0.05, 0) is 19.9 Å². The minimum atomic E-state index is 0.461. The van der Waals surface area contributed by atoms with Crippen LogP contribution >= 0.6 is 23.4 Å². The molecule has 0 aliphatic rings. The Bertz CT molecular complexity index is 550. The van der Waals surface area contributed by atoms with Crippen LogP contribution in [0.2, 0.25) is 5.15 Å². The molecule has 2 aromatic heterocycles. The highest BCUT2D eigenvalue weighted by molar-refractivity contribution is 7.98. The van der Waals surface area contributed by atoms with E-state index in [1.54, 1.807) is 6.07 Å². The van der Waals surface area contributed by atoms with Crippen molar-refractivity contribution < 1.29 is 0 Å². The van der Waals surface area contributed by atoms with Gasteiger partial charge in [0, 0.05) is 18.8 Å². The van der Waals surface area contributed by atoms with Crippen LogP contribution < -0.4 is 5.73 Å². The van der Waals surface area contributed by atoms with Crippen molar-refractivity contribution in [1.82, 2.24) is 24.7 Å². The average molecular weight is 299 g/mol. The van der Waals surface area contributed by atoms with Gasteiger partial charge in [-0.2, -0.15) is 0 Å². The molecule has 8 heteroatoms. The van der Waals surface area contributed by atoms with Crippen LogP contribution in [0.1, 0.15) is 17.3 Å². The monoisotopic (exact) mass is 298 g/mol. The Labute approximate surface area is 120 Å². The molecule has 0 saturated carbocycles. The molecule has 0 aromatic carbocycles. The van der Waals surface area contributed by atoms with Crippen LogP contribution in [0.5, 0.6) is 0 Å². The number of hydrogen-bond acceptors (Lipinski definition) is 6. The van der Waals surface area contributed by atoms with Crippen LogP contribution in [0.4, 0.5) is 0 Å². The largest absolute Gasteiger partial charge is 0.329 e. The summed E-state index contributed by atoms with van der Waals surface area (Å²) in [5.74, 6) is 2.15. The summed E-state index contributed by atoms with van der Waals surface area (Å²) in [6.45, 7) is 5.06. The van der Waals surface area contributed by atoms with E-state index >= 15 is 0 Å². The first-order valence-electron chi connectivity index (χ1n) is 5.83. The second-order valence-electron chi connectivity index (χ2n) is 4.01. The van der Waals surface area contributed by atoms with Crippen molar-refractivity contribution in [3.05, 3.63) is 28.6 Å². The van der Waals surface area contributed by atoms with Crippen molar-refractivity contribution in [2.24, 2.45) is 5.73 Å². The van der Waals surface area contributed by atoms with Gasteiger partial charge in [0.15, 0.2) is 5.16 Å². The van der Waals surface area contributed by atoms with E-state index in [9.17, 15) is 0 Å². The van der Waals surface area contributed by atoms with Crippen LogP contribution in [0, 0.1) is 13.8 Å². The van der Waals surface area contributed by atoms with E-state index in [1.807, 2.05) is 18.4 Å². The lowest BCUT2D eigenvalue weighted by molar-refractivity contribution is 0.627. The van der Waals surface area contributed by atoms with Crippen molar-refractivity contribution in [2.75, 3.05) is 6.54 Å². The zero-order chi connectivity index (χ0) is 13.8. The minimum absolute atomic E-state index is 0.461. The molecule has 19 heavy (non-hydrogen) atoms. The SMILES string of the molecule is Cc1cc(Cl)nc(CSc2nnc(C)n2CCN)n1. The molecule has 0 spiro atoms. The van der Waals surface area contributed by atoms with Crippen molar-refractivity contribution in [2.45, 2.75) is 31.3 Å². The van der Waals surface area contributed by atoms with Crippen LogP contribution in [0.15, 0.2) is 11.2 Å². The summed E-state index contributed by atoms with van der Waals surface area (Å²) in [6.07, 6.45) is 0. The van der Waals surface area contributed by atoms with Gasteiger partial charge in [0.25, 0.3) is 0 Å². The molecular formula is C11H15ClN6S. The fraction of sp³-hybridized carbons (Fsp3) is 0.455. The molecule has 0 radical (unpaired) electrons. The summed E-state index contributed by atoms with van der Waals surface area (Å²) in [5.41, 5.74) is 6.43. The van der Waals surface area contributed by atoms with E-state index in [2.05, 4.69) is 20.2 Å². The summed E-state index contributed by atoms with van der Waals surface area (Å²) in [4.78, 5) is 8.52. The smallest absolute Gasteiger partial charge is 0.191 e. The molecule has 2 aromatic rings. The molecule has 2 heterocycles. The Kier molecular flexibility index (Phi) is 4.73. The first-order chi connectivity index (χ1) is 9.10. The Hall–Kier alpha value is -1.18. The van der Waals surface area contributed by atoms with Crippen molar-refractivity contribution >= 4 is 23.4 Å². The molecule has 102 valence electrons. The third-order valence-electron chi connectivity index (χ3n) is 2.45. The summed E-state index contributed by atoms with van der Waals surface area (Å²) < 4.78 is 1.99. The summed E-state index contributed by atoms with van der Waals surface area (Å²) in [7, 11) is 0. The van der Waals surface area contributed by atoms with Gasteiger partial charge in [-0.15, -0.1) is 10.2 Å². The van der Waals surface area contributed by atoms with E-state index in [4.69, 9.17) is 17.3 Å². The molecule has 0 aliphatic heterocycles. The maximum Gasteiger partial charge on any atom is 0.191 e. The second-order valence-corrected chi connectivity index (χ2v) is 5.34. The lowest BCUT2D eigenvalue weighted by Crippen LogP contribution is -2.12. The topological polar surface area (TPSA) is 82.5 Å². The molecule has 0 unspecified atom stereocenters. The summed E-state index contributed by atoms with van der Waals surface area (Å²) in [5, 5.41) is 9.46. The fourth-order valence-corrected chi connectivity index (χ4v) is 2.76. The van der Waals surface area contributed by atoms with E-state index in [1.165, 1.54) is 11.8 Å². The van der Waals surface area contributed by atoms with Gasteiger partial charge in [-0.3, -0.25) is 0 Å². The zero-order valence-electron chi connectivity index (χ0n) is 10.8. The number of aromatic nitrogens is 5. The van der Waals surface area contributed by atoms with Gasteiger partial charge in [-0.25, -0.2) is 9.97 Å². The second kappa shape index (κ2) is 6.31. The Morgan fingerprint density at radius 3 is 2.79 bits per heavy atom. The van der Waals surface area contributed by atoms with E-state index in [0.717, 1.165) is 16.7 Å². The molecule has 0 fully saturated rings. The molecular weight excluding hydrogens is 284 g/mol. The molecule has 0 amide bonds. The van der Waals surface area contributed by atoms with Gasteiger partial charge in [-0.1, -0.05) is 23.4 Å². The fourth-order valence-electron chi connectivity index (χ4n) is 1.64. The van der Waals surface area contributed by atoms with Gasteiger partial charge >= 0.3 is 0 Å². The van der Waals surface area contributed by atoms with E-state index in [-0.39, 0.29) is 0 Å². The normalized spacial score (nSPS) is 10.9. The highest BCUT2D eigenvalue weighted by atomic mass is 35.5. The van der Waals surface area contributed by atoms with Gasteiger partial charge in [0.2, 0.25) is 0 Å². The number of nitrogens with two attached hydrogens (primary N) is 1. The number of hydrogen-bond donors (Lipinski definition) is 1. The first-order valence-corrected chi connectivity index (χ1v) is 7.19. The Balaban J connectivity index is 2.10. The summed E-state index contributed by atoms with van der Waals surface area (Å²) in [6, 6.07) is 1.73. The number of thioether (sulfide) groups is 1. The predicted molar refractivity (Wildman–Crippen MR) is 75.2 cm³/mol. The first kappa shape index (κ1) is 14.2. The van der Waals surface area contributed by atoms with Crippen LogP contribution in [0.3, 0.4) is 0 Å². The van der Waals surface area contributed by atoms with Crippen LogP contribution in [-0.4, -0.2) is 31.3 Å². The van der Waals surface area contributed by atoms with Gasteiger partial charge in [0.1, 0.15) is 16.8 Å². The predicted octanol–water partition coefficient (Wildman–Crippen LogP) is 1.59. The average Bonchev–Trinajstić information content (AvgIpc) is 2.68. The number of aryl methyl sites for hydroxylation is 2. The zero-order valence-corrected chi connectivity index (χ0v) is 12.4. The molecule has 0 saturated heterocycles. The summed E-state index contributed by atoms with van der Waals surface area (Å²) >= 11 is 7.44. The number of halogens is 1. The third kappa shape index (κ3) is 3.65. The van der Waals surface area contributed by atoms with Gasteiger partial charge < -0.3 is 10.3 Å². The van der Waals surface area contributed by atoms with Crippen LogP contribution in [0.25, 0.3) is 0 Å². The maximum atomic E-state index is 5.91. The van der Waals surface area contributed by atoms with Crippen molar-refractivity contribution in [3.8, 4) is 0 Å². The molecule has 0 aliphatic carbocycles. The number of nitrogens with zero attached hydrogens (tertiary/aromatic N) is 5. The molecule has 0 bridgehead atoms. The molecule has 0 atom stereocenters. The van der Waals surface area contributed by atoms with E-state index in [0.29, 0.717) is 29.8 Å². The Morgan fingerprint density at radius 2 is 2.11 bits per heavy atom. The highest BCUT2D eigenvalue weighted by Gasteiger charge is 2.10. The van der Waals surface area contributed by atoms with Crippen molar-refractivity contribution in [1.29, 1.82) is 0 Å². The molecule has 6 nitrogen and oxygen atoms in total. The molecule has 2 rings (SSSR count). The maximum absolute atomic E-state index is 5.91. The lowest BCUT2D eigenvalue weighted by Gasteiger charge is -2.06. The van der Waals surface area contributed by atoms with E-state index < -0.39 is 0 Å². The third-order valence-corrected chi connectivity index (χ3v) is 3.61. The molecule has 2 N–H and O–H groups in total. The minimum Gasteiger partial charge on any atom is -0.329 e. The van der Waals surface area contributed by atoms with Gasteiger partial charge in [0.05, 0.1) is 5.75 Å². The van der Waals surface area contributed by atoms with Crippen molar-refractivity contribution in [3.63, 3.8) is 0 Å². The van der Waals surface area contributed by atoms with Crippen LogP contribution in [-0.2, 0) is 12.3 Å². The lowest BCUT2D eigenvalue weighted by atomic mass is 10.4. The Morgan fingerprint density at radius 1 is 1.32 bits per heavy atom. The quantitative estimate of drug-likeness (QED) is 0.667. The standard InChI is InChI=1S/C11H15ClN6S/c1-7-5-9(12)15-10(14-7)6-19-11-17-16-8(2)18(11)4-3-13/h5H,3-4,6,13H2,1-2H3. The number of rotatable bonds is 5. The highest BCUT2D eigenvalue weighted by Crippen LogP contribution is 2.21.